The molecule has 1 aliphatic heterocycles. The number of carbonyl (C=O) groups is 1. The maximum atomic E-state index is 12.5. The van der Waals surface area contributed by atoms with Crippen LogP contribution >= 0.6 is 12.4 Å². The molecule has 2 N–H and O–H groups in total. The summed E-state index contributed by atoms with van der Waals surface area (Å²) < 4.78 is 0. The van der Waals surface area contributed by atoms with Crippen molar-refractivity contribution in [2.75, 3.05) is 35.2 Å². The predicted octanol–water partition coefficient (Wildman–Crippen LogP) is 4.10. The summed E-state index contributed by atoms with van der Waals surface area (Å²) in [6, 6.07) is 16.1. The van der Waals surface area contributed by atoms with Crippen molar-refractivity contribution in [3.63, 3.8) is 0 Å². The maximum absolute atomic E-state index is 12.5. The van der Waals surface area contributed by atoms with Crippen LogP contribution in [-0.2, 0) is 4.79 Å². The highest BCUT2D eigenvalue weighted by atomic mass is 35.5. The predicted molar refractivity (Wildman–Crippen MR) is 104 cm³/mol. The first-order valence-electron chi connectivity index (χ1n) is 8.12. The van der Waals surface area contributed by atoms with E-state index in [1.807, 2.05) is 36.4 Å². The molecule has 4 nitrogen and oxygen atoms in total. The van der Waals surface area contributed by atoms with Crippen LogP contribution in [0.5, 0.6) is 0 Å². The number of amides is 1. The Bertz CT molecular complexity index is 703. The summed E-state index contributed by atoms with van der Waals surface area (Å²) in [5.74, 6) is 0.404. The van der Waals surface area contributed by atoms with Crippen molar-refractivity contribution >= 4 is 35.4 Å². The van der Waals surface area contributed by atoms with E-state index in [9.17, 15) is 4.79 Å². The molecule has 0 atom stereocenters. The SMILES string of the molecule is CC(C)c1ccccc1NC(=O)CN1CCNc2ccccc21.Cl. The number of benzene rings is 2. The molecule has 24 heavy (non-hydrogen) atoms. The minimum Gasteiger partial charge on any atom is -0.382 e. The Balaban J connectivity index is 0.00000208. The van der Waals surface area contributed by atoms with Crippen LogP contribution in [-0.4, -0.2) is 25.5 Å². The first kappa shape index (κ1) is 18.1. The summed E-state index contributed by atoms with van der Waals surface area (Å²) in [6.07, 6.45) is 0. The van der Waals surface area contributed by atoms with Gasteiger partial charge in [0.05, 0.1) is 17.9 Å². The van der Waals surface area contributed by atoms with Crippen LogP contribution in [0.1, 0.15) is 25.3 Å². The second-order valence-electron chi connectivity index (χ2n) is 6.16. The van der Waals surface area contributed by atoms with Gasteiger partial charge < -0.3 is 15.5 Å². The lowest BCUT2D eigenvalue weighted by Crippen LogP contribution is -2.39. The average molecular weight is 346 g/mol. The topological polar surface area (TPSA) is 44.4 Å². The van der Waals surface area contributed by atoms with E-state index in [1.165, 1.54) is 5.56 Å². The number of rotatable bonds is 4. The zero-order chi connectivity index (χ0) is 16.2. The maximum Gasteiger partial charge on any atom is 0.243 e. The van der Waals surface area contributed by atoms with Crippen LogP contribution in [0.25, 0.3) is 0 Å². The standard InChI is InChI=1S/C19H23N3O.ClH/c1-14(2)15-7-3-4-8-16(15)21-19(23)13-22-12-11-20-17-9-5-6-10-18(17)22;/h3-10,14,20H,11-13H2,1-2H3,(H,21,23);1H. The molecule has 1 amide bonds. The summed E-state index contributed by atoms with van der Waals surface area (Å²) in [4.78, 5) is 14.6. The molecule has 128 valence electrons. The van der Waals surface area contributed by atoms with E-state index in [2.05, 4.69) is 41.5 Å². The van der Waals surface area contributed by atoms with Crippen LogP contribution < -0.4 is 15.5 Å². The fourth-order valence-electron chi connectivity index (χ4n) is 2.99. The van der Waals surface area contributed by atoms with Gasteiger partial charge in [-0.05, 0) is 29.7 Å². The van der Waals surface area contributed by atoms with Gasteiger partial charge >= 0.3 is 0 Å². The molecule has 3 rings (SSSR count). The number of nitrogens with one attached hydrogen (secondary N) is 2. The van der Waals surface area contributed by atoms with Crippen LogP contribution in [0.4, 0.5) is 17.1 Å². The molecule has 0 radical (unpaired) electrons. The highest BCUT2D eigenvalue weighted by molar-refractivity contribution is 5.95. The van der Waals surface area contributed by atoms with Crippen molar-refractivity contribution in [1.82, 2.24) is 0 Å². The lowest BCUT2D eigenvalue weighted by molar-refractivity contribution is -0.115. The molecule has 0 saturated carbocycles. The van der Waals surface area contributed by atoms with Crippen LogP contribution in [0, 0.1) is 0 Å². The Hall–Kier alpha value is -2.20. The van der Waals surface area contributed by atoms with E-state index in [-0.39, 0.29) is 18.3 Å². The molecule has 1 heterocycles. The first-order chi connectivity index (χ1) is 11.1. The molecule has 0 spiro atoms. The molecule has 0 aliphatic carbocycles. The van der Waals surface area contributed by atoms with Crippen molar-refractivity contribution in [2.45, 2.75) is 19.8 Å². The number of carbonyl (C=O) groups excluding carboxylic acids is 1. The quantitative estimate of drug-likeness (QED) is 0.876. The van der Waals surface area contributed by atoms with Crippen molar-refractivity contribution in [3.05, 3.63) is 54.1 Å². The number of para-hydroxylation sites is 3. The number of hydrogen-bond acceptors (Lipinski definition) is 3. The zero-order valence-corrected chi connectivity index (χ0v) is 14.9. The van der Waals surface area contributed by atoms with E-state index >= 15 is 0 Å². The van der Waals surface area contributed by atoms with Gasteiger partial charge in [-0.3, -0.25) is 4.79 Å². The van der Waals surface area contributed by atoms with Gasteiger partial charge in [-0.1, -0.05) is 44.2 Å². The summed E-state index contributed by atoms with van der Waals surface area (Å²) >= 11 is 0. The minimum absolute atomic E-state index is 0. The molecule has 0 fully saturated rings. The molecule has 0 aromatic heterocycles. The van der Waals surface area contributed by atoms with Gasteiger partial charge in [0.25, 0.3) is 0 Å². The fourth-order valence-corrected chi connectivity index (χ4v) is 2.99. The van der Waals surface area contributed by atoms with Crippen LogP contribution in [0.15, 0.2) is 48.5 Å². The Morgan fingerprint density at radius 1 is 1.17 bits per heavy atom. The smallest absolute Gasteiger partial charge is 0.243 e. The molecule has 5 heteroatoms. The number of anilines is 3. The minimum atomic E-state index is 0. The second kappa shape index (κ2) is 8.06. The summed E-state index contributed by atoms with van der Waals surface area (Å²) in [6.45, 7) is 6.32. The number of halogens is 1. The molecule has 1 aliphatic rings. The van der Waals surface area contributed by atoms with Gasteiger partial charge in [-0.25, -0.2) is 0 Å². The largest absolute Gasteiger partial charge is 0.382 e. The van der Waals surface area contributed by atoms with Crippen molar-refractivity contribution < 1.29 is 4.79 Å². The number of fused-ring (bicyclic) bond motifs is 1. The molecule has 0 saturated heterocycles. The van der Waals surface area contributed by atoms with E-state index in [0.29, 0.717) is 12.5 Å². The molecule has 0 unspecified atom stereocenters. The normalized spacial score (nSPS) is 12.9. The van der Waals surface area contributed by atoms with E-state index < -0.39 is 0 Å². The highest BCUT2D eigenvalue weighted by Gasteiger charge is 2.19. The van der Waals surface area contributed by atoms with E-state index in [1.54, 1.807) is 0 Å². The lowest BCUT2D eigenvalue weighted by Gasteiger charge is -2.31. The van der Waals surface area contributed by atoms with Gasteiger partial charge in [0.1, 0.15) is 0 Å². The molecule has 0 bridgehead atoms. The average Bonchev–Trinajstić information content (AvgIpc) is 2.55. The number of hydrogen-bond donors (Lipinski definition) is 2. The van der Waals surface area contributed by atoms with Crippen LogP contribution in [0.2, 0.25) is 0 Å². The van der Waals surface area contributed by atoms with Crippen LogP contribution in [0.3, 0.4) is 0 Å². The van der Waals surface area contributed by atoms with Crippen molar-refractivity contribution in [3.8, 4) is 0 Å². The Kier molecular flexibility index (Phi) is 6.10. The van der Waals surface area contributed by atoms with E-state index in [4.69, 9.17) is 0 Å². The van der Waals surface area contributed by atoms with Crippen molar-refractivity contribution in [1.29, 1.82) is 0 Å². The number of nitrogens with zero attached hydrogens (tertiary/aromatic N) is 1. The summed E-state index contributed by atoms with van der Waals surface area (Å²) in [5, 5.41) is 6.44. The third-order valence-corrected chi connectivity index (χ3v) is 4.13. The molecular formula is C19H24ClN3O. The van der Waals surface area contributed by atoms with Gasteiger partial charge in [0, 0.05) is 18.8 Å². The monoisotopic (exact) mass is 345 g/mol. The molecular weight excluding hydrogens is 322 g/mol. The highest BCUT2D eigenvalue weighted by Crippen LogP contribution is 2.28. The lowest BCUT2D eigenvalue weighted by atomic mass is 10.0. The Morgan fingerprint density at radius 3 is 2.67 bits per heavy atom. The third-order valence-electron chi connectivity index (χ3n) is 4.13. The molecule has 2 aromatic rings. The Morgan fingerprint density at radius 2 is 1.88 bits per heavy atom. The van der Waals surface area contributed by atoms with Gasteiger partial charge in [0.2, 0.25) is 5.91 Å². The van der Waals surface area contributed by atoms with Crippen molar-refractivity contribution in [2.24, 2.45) is 0 Å². The summed E-state index contributed by atoms with van der Waals surface area (Å²) in [5.41, 5.74) is 4.26. The summed E-state index contributed by atoms with van der Waals surface area (Å²) in [7, 11) is 0. The fraction of sp³-hybridized carbons (Fsp3) is 0.316. The van der Waals surface area contributed by atoms with Gasteiger partial charge in [-0.2, -0.15) is 0 Å². The third kappa shape index (κ3) is 4.01. The van der Waals surface area contributed by atoms with Gasteiger partial charge in [0.15, 0.2) is 0 Å². The van der Waals surface area contributed by atoms with Gasteiger partial charge in [-0.15, -0.1) is 12.4 Å². The molecule has 2 aromatic carbocycles. The Labute approximate surface area is 149 Å². The first-order valence-corrected chi connectivity index (χ1v) is 8.12. The zero-order valence-electron chi connectivity index (χ0n) is 14.1. The second-order valence-corrected chi connectivity index (χ2v) is 6.16. The van der Waals surface area contributed by atoms with E-state index in [0.717, 1.165) is 30.2 Å².